The fourth-order valence-corrected chi connectivity index (χ4v) is 1.77. The number of hydrogen-bond acceptors (Lipinski definition) is 2. The topological polar surface area (TPSA) is 17.1 Å². The van der Waals surface area contributed by atoms with Crippen LogP contribution < -0.4 is 0 Å². The molecule has 1 nitrogen and oxygen atoms in total. The van der Waals surface area contributed by atoms with Gasteiger partial charge in [-0.25, -0.2) is 13.2 Å². The van der Waals surface area contributed by atoms with Crippen molar-refractivity contribution in [3.8, 4) is 0 Å². The van der Waals surface area contributed by atoms with E-state index in [0.717, 1.165) is 11.8 Å². The fourth-order valence-electron chi connectivity index (χ4n) is 0.962. The van der Waals surface area contributed by atoms with Crippen LogP contribution in [0.25, 0.3) is 0 Å². The maximum atomic E-state index is 13.0. The van der Waals surface area contributed by atoms with Gasteiger partial charge in [0, 0.05) is 25.5 Å². The predicted octanol–water partition coefficient (Wildman–Crippen LogP) is 4.07. The molecule has 102 valence electrons. The molecule has 0 fully saturated rings. The van der Waals surface area contributed by atoms with Gasteiger partial charge in [-0.15, -0.1) is 0 Å². The Labute approximate surface area is 101 Å². The van der Waals surface area contributed by atoms with Crippen molar-refractivity contribution >= 4 is 16.9 Å². The minimum Gasteiger partial charge on any atom is -0.287 e. The van der Waals surface area contributed by atoms with E-state index in [4.69, 9.17) is 0 Å². The SMILES string of the molecule is CCC(=O)SCCC(F)CC(F)(F)C(C)(F)F. The first-order valence-corrected chi connectivity index (χ1v) is 6.14. The van der Waals surface area contributed by atoms with E-state index in [-0.39, 0.29) is 30.6 Å². The molecule has 0 N–H and O–H groups in total. The second kappa shape index (κ2) is 6.56. The summed E-state index contributed by atoms with van der Waals surface area (Å²) in [6.07, 6.45) is -3.61. The van der Waals surface area contributed by atoms with Gasteiger partial charge in [0.2, 0.25) is 0 Å². The van der Waals surface area contributed by atoms with Crippen molar-refractivity contribution in [2.24, 2.45) is 0 Å². The van der Waals surface area contributed by atoms with Crippen LogP contribution in [0, 0.1) is 0 Å². The summed E-state index contributed by atoms with van der Waals surface area (Å²) >= 11 is 0.827. The molecule has 0 aliphatic heterocycles. The van der Waals surface area contributed by atoms with E-state index in [1.807, 2.05) is 0 Å². The van der Waals surface area contributed by atoms with Gasteiger partial charge in [-0.05, 0) is 6.42 Å². The summed E-state index contributed by atoms with van der Waals surface area (Å²) in [6, 6.07) is 0. The summed E-state index contributed by atoms with van der Waals surface area (Å²) in [4.78, 5) is 10.8. The second-order valence-corrected chi connectivity index (χ2v) is 4.91. The Bertz CT molecular complexity index is 252. The number of alkyl halides is 5. The molecule has 0 spiro atoms. The van der Waals surface area contributed by atoms with E-state index in [1.165, 1.54) is 0 Å². The predicted molar refractivity (Wildman–Crippen MR) is 57.5 cm³/mol. The lowest BCUT2D eigenvalue weighted by Gasteiger charge is -2.24. The Kier molecular flexibility index (Phi) is 6.43. The zero-order valence-corrected chi connectivity index (χ0v) is 10.4. The Morgan fingerprint density at radius 1 is 1.29 bits per heavy atom. The highest BCUT2D eigenvalue weighted by Crippen LogP contribution is 2.38. The highest BCUT2D eigenvalue weighted by molar-refractivity contribution is 8.13. The molecule has 0 saturated carbocycles. The van der Waals surface area contributed by atoms with Gasteiger partial charge in [0.15, 0.2) is 5.12 Å². The average molecular weight is 278 g/mol. The van der Waals surface area contributed by atoms with Gasteiger partial charge in [0.25, 0.3) is 0 Å². The van der Waals surface area contributed by atoms with Crippen molar-refractivity contribution in [2.75, 3.05) is 5.75 Å². The van der Waals surface area contributed by atoms with Crippen LogP contribution in [0.3, 0.4) is 0 Å². The van der Waals surface area contributed by atoms with Crippen LogP contribution in [-0.4, -0.2) is 28.9 Å². The van der Waals surface area contributed by atoms with E-state index in [1.54, 1.807) is 6.92 Å². The molecule has 0 bridgehead atoms. The van der Waals surface area contributed by atoms with Crippen molar-refractivity contribution in [1.29, 1.82) is 0 Å². The highest BCUT2D eigenvalue weighted by Gasteiger charge is 2.53. The number of rotatable bonds is 7. The van der Waals surface area contributed by atoms with Crippen LogP contribution in [0.2, 0.25) is 0 Å². The summed E-state index contributed by atoms with van der Waals surface area (Å²) < 4.78 is 63.4. The molecule has 7 heteroatoms. The van der Waals surface area contributed by atoms with Gasteiger partial charge in [0.1, 0.15) is 6.17 Å². The van der Waals surface area contributed by atoms with Crippen molar-refractivity contribution in [1.82, 2.24) is 0 Å². The lowest BCUT2D eigenvalue weighted by atomic mass is 10.1. The van der Waals surface area contributed by atoms with Gasteiger partial charge in [-0.1, -0.05) is 18.7 Å². The number of carbonyl (C=O) groups excluding carboxylic acids is 1. The van der Waals surface area contributed by atoms with Crippen molar-refractivity contribution < 1.29 is 26.7 Å². The molecular weight excluding hydrogens is 263 g/mol. The lowest BCUT2D eigenvalue weighted by Crippen LogP contribution is -2.39. The quantitative estimate of drug-likeness (QED) is 0.653. The Morgan fingerprint density at radius 2 is 1.82 bits per heavy atom. The molecule has 1 unspecified atom stereocenters. The third kappa shape index (κ3) is 6.24. The number of hydrogen-bond donors (Lipinski definition) is 0. The molecule has 17 heavy (non-hydrogen) atoms. The van der Waals surface area contributed by atoms with E-state index in [0.29, 0.717) is 0 Å². The maximum absolute atomic E-state index is 13.0. The monoisotopic (exact) mass is 278 g/mol. The zero-order chi connectivity index (χ0) is 13.7. The molecule has 0 heterocycles. The van der Waals surface area contributed by atoms with Gasteiger partial charge >= 0.3 is 11.8 Å². The minimum absolute atomic E-state index is 0.0270. The van der Waals surface area contributed by atoms with Gasteiger partial charge < -0.3 is 0 Å². The molecule has 0 aromatic rings. The number of thioether (sulfide) groups is 1. The van der Waals surface area contributed by atoms with Gasteiger partial charge in [0.05, 0.1) is 0 Å². The first kappa shape index (κ1) is 16.7. The summed E-state index contributed by atoms with van der Waals surface area (Å²) in [7, 11) is 0. The van der Waals surface area contributed by atoms with Crippen molar-refractivity contribution in [3.05, 3.63) is 0 Å². The number of carbonyl (C=O) groups is 1. The highest BCUT2D eigenvalue weighted by atomic mass is 32.2. The van der Waals surface area contributed by atoms with E-state index in [2.05, 4.69) is 0 Å². The molecule has 0 saturated heterocycles. The summed E-state index contributed by atoms with van der Waals surface area (Å²) in [6.45, 7) is 1.68. The normalized spacial score (nSPS) is 14.8. The average Bonchev–Trinajstić information content (AvgIpc) is 2.14. The minimum atomic E-state index is -4.36. The van der Waals surface area contributed by atoms with Crippen LogP contribution >= 0.6 is 11.8 Å². The lowest BCUT2D eigenvalue weighted by molar-refractivity contribution is -0.207. The molecule has 0 aromatic carbocycles. The summed E-state index contributed by atoms with van der Waals surface area (Å²) in [5.41, 5.74) is 0. The molecular formula is C10H15F5OS. The Balaban J connectivity index is 4.02. The molecule has 1 atom stereocenters. The molecule has 0 amide bonds. The maximum Gasteiger partial charge on any atom is 0.312 e. The van der Waals surface area contributed by atoms with Crippen molar-refractivity contribution in [2.45, 2.75) is 51.1 Å². The molecule has 0 aliphatic carbocycles. The van der Waals surface area contributed by atoms with Crippen LogP contribution in [-0.2, 0) is 4.79 Å². The van der Waals surface area contributed by atoms with E-state index in [9.17, 15) is 26.7 Å². The molecule has 0 radical (unpaired) electrons. The van der Waals surface area contributed by atoms with Crippen LogP contribution in [0.15, 0.2) is 0 Å². The van der Waals surface area contributed by atoms with Gasteiger partial charge in [-0.2, -0.15) is 8.78 Å². The fraction of sp³-hybridized carbons (Fsp3) is 0.900. The Hall–Kier alpha value is -0.330. The molecule has 0 rings (SSSR count). The summed E-state index contributed by atoms with van der Waals surface area (Å²) in [5.74, 6) is -8.56. The third-order valence-electron chi connectivity index (χ3n) is 2.10. The van der Waals surface area contributed by atoms with Crippen LogP contribution in [0.4, 0.5) is 22.0 Å². The standard InChI is InChI=1S/C10H15F5OS/c1-3-8(16)17-5-4-7(11)6-10(14,15)9(2,12)13/h7H,3-6H2,1-2H3. The van der Waals surface area contributed by atoms with Gasteiger partial charge in [-0.3, -0.25) is 4.79 Å². The van der Waals surface area contributed by atoms with E-state index >= 15 is 0 Å². The largest absolute Gasteiger partial charge is 0.312 e. The van der Waals surface area contributed by atoms with Crippen molar-refractivity contribution in [3.63, 3.8) is 0 Å². The second-order valence-electron chi connectivity index (χ2n) is 3.76. The molecule has 0 aliphatic rings. The van der Waals surface area contributed by atoms with E-state index < -0.39 is 24.4 Å². The third-order valence-corrected chi connectivity index (χ3v) is 3.15. The zero-order valence-electron chi connectivity index (χ0n) is 9.61. The summed E-state index contributed by atoms with van der Waals surface area (Å²) in [5, 5.41) is -0.176. The Morgan fingerprint density at radius 3 is 2.24 bits per heavy atom. The first-order chi connectivity index (χ1) is 7.60. The smallest absolute Gasteiger partial charge is 0.287 e. The van der Waals surface area contributed by atoms with Crippen LogP contribution in [0.5, 0.6) is 0 Å². The first-order valence-electron chi connectivity index (χ1n) is 5.15. The van der Waals surface area contributed by atoms with Crippen LogP contribution in [0.1, 0.15) is 33.1 Å². The number of halogens is 5. The molecule has 0 aromatic heterocycles.